The van der Waals surface area contributed by atoms with Gasteiger partial charge in [0.05, 0.1) is 0 Å². The zero-order valence-corrected chi connectivity index (χ0v) is 47.1. The van der Waals surface area contributed by atoms with Crippen LogP contribution >= 0.6 is 0 Å². The largest absolute Gasteiger partial charge is 0.462 e. The summed E-state index contributed by atoms with van der Waals surface area (Å²) in [6.45, 7) is 6.62. The van der Waals surface area contributed by atoms with E-state index in [0.717, 1.165) is 64.2 Å². The average molecular weight is 976 g/mol. The molecule has 410 valence electrons. The van der Waals surface area contributed by atoms with Crippen molar-refractivity contribution < 1.29 is 28.6 Å². The number of rotatable bonds is 59. The van der Waals surface area contributed by atoms with Gasteiger partial charge >= 0.3 is 17.9 Å². The molecular formula is C63H122O6. The standard InChI is InChI=1S/C63H122O6/c1-4-7-10-13-15-17-19-21-23-24-25-26-27-28-29-30-31-32-33-34-35-36-37-38-39-40-42-43-45-47-50-53-56-62(65)68-59-60(58-67-61(64)55-52-49-12-9-6-3)69-63(66)57-54-51-48-46-44-41-22-20-18-16-14-11-8-5-2/h60H,4-59H2,1-3H3. The third-order valence-electron chi connectivity index (χ3n) is 14.6. The number of carbonyl (C=O) groups excluding carboxylic acids is 3. The maximum atomic E-state index is 12.8. The van der Waals surface area contributed by atoms with Crippen molar-refractivity contribution in [2.45, 2.75) is 374 Å². The molecule has 0 aromatic carbocycles. The molecular weight excluding hydrogens is 853 g/mol. The molecule has 1 atom stereocenters. The average Bonchev–Trinajstić information content (AvgIpc) is 3.35. The fourth-order valence-electron chi connectivity index (χ4n) is 9.86. The monoisotopic (exact) mass is 975 g/mol. The van der Waals surface area contributed by atoms with Crippen LogP contribution in [0.25, 0.3) is 0 Å². The summed E-state index contributed by atoms with van der Waals surface area (Å²) >= 11 is 0. The number of hydrogen-bond acceptors (Lipinski definition) is 6. The normalized spacial score (nSPS) is 11.9. The molecule has 6 heteroatoms. The molecule has 0 spiro atoms. The Kier molecular flexibility index (Phi) is 57.6. The van der Waals surface area contributed by atoms with Crippen molar-refractivity contribution in [1.29, 1.82) is 0 Å². The molecule has 6 nitrogen and oxygen atoms in total. The summed E-state index contributed by atoms with van der Waals surface area (Å²) in [5.41, 5.74) is 0. The molecule has 0 fully saturated rings. The second-order valence-corrected chi connectivity index (χ2v) is 21.7. The van der Waals surface area contributed by atoms with Crippen LogP contribution < -0.4 is 0 Å². The number of esters is 3. The van der Waals surface area contributed by atoms with Crippen LogP contribution in [0.3, 0.4) is 0 Å². The number of unbranched alkanes of at least 4 members (excludes halogenated alkanes) is 48. The molecule has 0 N–H and O–H groups in total. The van der Waals surface area contributed by atoms with Gasteiger partial charge in [-0.1, -0.05) is 329 Å². The molecule has 1 unspecified atom stereocenters. The van der Waals surface area contributed by atoms with Gasteiger partial charge in [-0.2, -0.15) is 0 Å². The van der Waals surface area contributed by atoms with Gasteiger partial charge in [-0.25, -0.2) is 0 Å². The lowest BCUT2D eigenvalue weighted by molar-refractivity contribution is -0.167. The molecule has 0 aromatic heterocycles. The highest BCUT2D eigenvalue weighted by atomic mass is 16.6. The Bertz CT molecular complexity index is 1030. The van der Waals surface area contributed by atoms with E-state index in [9.17, 15) is 14.4 Å². The molecule has 0 rings (SSSR count). The van der Waals surface area contributed by atoms with E-state index in [1.165, 1.54) is 263 Å². The van der Waals surface area contributed by atoms with E-state index in [2.05, 4.69) is 20.8 Å². The minimum Gasteiger partial charge on any atom is -0.462 e. The van der Waals surface area contributed by atoms with Gasteiger partial charge in [-0.05, 0) is 19.3 Å². The van der Waals surface area contributed by atoms with Crippen molar-refractivity contribution >= 4 is 17.9 Å². The molecule has 0 saturated heterocycles. The summed E-state index contributed by atoms with van der Waals surface area (Å²) in [5, 5.41) is 0. The Morgan fingerprint density at radius 1 is 0.232 bits per heavy atom. The summed E-state index contributed by atoms with van der Waals surface area (Å²) in [4.78, 5) is 37.8. The fraction of sp³-hybridized carbons (Fsp3) is 0.952. The smallest absolute Gasteiger partial charge is 0.306 e. The van der Waals surface area contributed by atoms with Gasteiger partial charge < -0.3 is 14.2 Å². The lowest BCUT2D eigenvalue weighted by Crippen LogP contribution is -2.30. The topological polar surface area (TPSA) is 78.9 Å². The quantitative estimate of drug-likeness (QED) is 0.0343. The Labute approximate surface area is 431 Å². The number of carbonyl (C=O) groups is 3. The lowest BCUT2D eigenvalue weighted by atomic mass is 10.0. The highest BCUT2D eigenvalue weighted by molar-refractivity contribution is 5.71. The van der Waals surface area contributed by atoms with Crippen LogP contribution in [-0.4, -0.2) is 37.2 Å². The predicted octanol–water partition coefficient (Wildman–Crippen LogP) is 21.1. The Morgan fingerprint density at radius 2 is 0.391 bits per heavy atom. The molecule has 0 aliphatic carbocycles. The van der Waals surface area contributed by atoms with E-state index < -0.39 is 6.10 Å². The maximum Gasteiger partial charge on any atom is 0.306 e. The van der Waals surface area contributed by atoms with Gasteiger partial charge in [0.1, 0.15) is 13.2 Å². The first kappa shape index (κ1) is 67.4. The Morgan fingerprint density at radius 3 is 0.580 bits per heavy atom. The highest BCUT2D eigenvalue weighted by Gasteiger charge is 2.19. The van der Waals surface area contributed by atoms with Gasteiger partial charge in [0, 0.05) is 19.3 Å². The van der Waals surface area contributed by atoms with Gasteiger partial charge in [0.15, 0.2) is 6.10 Å². The van der Waals surface area contributed by atoms with Crippen LogP contribution in [0.2, 0.25) is 0 Å². The van der Waals surface area contributed by atoms with Crippen LogP contribution in [0.15, 0.2) is 0 Å². The van der Waals surface area contributed by atoms with Crippen molar-refractivity contribution in [2.24, 2.45) is 0 Å². The fourth-order valence-corrected chi connectivity index (χ4v) is 9.86. The zero-order chi connectivity index (χ0) is 50.0. The van der Waals surface area contributed by atoms with E-state index in [0.29, 0.717) is 19.3 Å². The van der Waals surface area contributed by atoms with Gasteiger partial charge in [0.25, 0.3) is 0 Å². The minimum atomic E-state index is -0.759. The van der Waals surface area contributed by atoms with Crippen molar-refractivity contribution in [2.75, 3.05) is 13.2 Å². The first-order chi connectivity index (χ1) is 34.0. The van der Waals surface area contributed by atoms with Crippen molar-refractivity contribution in [3.63, 3.8) is 0 Å². The highest BCUT2D eigenvalue weighted by Crippen LogP contribution is 2.19. The molecule has 0 aliphatic rings. The third-order valence-corrected chi connectivity index (χ3v) is 14.6. The van der Waals surface area contributed by atoms with Crippen LogP contribution in [0.1, 0.15) is 367 Å². The first-order valence-electron chi connectivity index (χ1n) is 31.5. The van der Waals surface area contributed by atoms with E-state index >= 15 is 0 Å². The second-order valence-electron chi connectivity index (χ2n) is 21.7. The van der Waals surface area contributed by atoms with Crippen molar-refractivity contribution in [3.8, 4) is 0 Å². The van der Waals surface area contributed by atoms with Gasteiger partial charge in [0.2, 0.25) is 0 Å². The summed E-state index contributed by atoms with van der Waals surface area (Å²) in [5.74, 6) is -0.852. The maximum absolute atomic E-state index is 12.8. The third kappa shape index (κ3) is 57.2. The van der Waals surface area contributed by atoms with E-state index in [-0.39, 0.29) is 31.1 Å². The van der Waals surface area contributed by atoms with Gasteiger partial charge in [-0.15, -0.1) is 0 Å². The Hall–Kier alpha value is -1.59. The molecule has 0 aromatic rings. The molecule has 69 heavy (non-hydrogen) atoms. The van der Waals surface area contributed by atoms with Crippen molar-refractivity contribution in [3.05, 3.63) is 0 Å². The predicted molar refractivity (Wildman–Crippen MR) is 298 cm³/mol. The van der Waals surface area contributed by atoms with Crippen LogP contribution in [0, 0.1) is 0 Å². The summed E-state index contributed by atoms with van der Waals surface area (Å²) in [6, 6.07) is 0. The molecule has 0 bridgehead atoms. The number of ether oxygens (including phenoxy) is 3. The van der Waals surface area contributed by atoms with Crippen LogP contribution in [-0.2, 0) is 28.6 Å². The molecule has 0 radical (unpaired) electrons. The second kappa shape index (κ2) is 59.0. The summed E-state index contributed by atoms with van der Waals surface area (Å²) < 4.78 is 16.7. The SMILES string of the molecule is CCCCCCCCCCCCCCCCCCCCCCCCCCCCCCCCCCC(=O)OCC(COC(=O)CCCCCCC)OC(=O)CCCCCCCCCCCCCCCC. The van der Waals surface area contributed by atoms with E-state index in [4.69, 9.17) is 14.2 Å². The van der Waals surface area contributed by atoms with E-state index in [1.54, 1.807) is 0 Å². The van der Waals surface area contributed by atoms with Crippen LogP contribution in [0.4, 0.5) is 0 Å². The summed E-state index contributed by atoms with van der Waals surface area (Å²) in [7, 11) is 0. The lowest BCUT2D eigenvalue weighted by Gasteiger charge is -2.18. The zero-order valence-electron chi connectivity index (χ0n) is 47.1. The Balaban J connectivity index is 3.83. The first-order valence-corrected chi connectivity index (χ1v) is 31.5. The van der Waals surface area contributed by atoms with E-state index in [1.807, 2.05) is 0 Å². The number of hydrogen-bond donors (Lipinski definition) is 0. The van der Waals surface area contributed by atoms with Gasteiger partial charge in [-0.3, -0.25) is 14.4 Å². The molecule has 0 amide bonds. The molecule has 0 heterocycles. The minimum absolute atomic E-state index is 0.0628. The van der Waals surface area contributed by atoms with Crippen molar-refractivity contribution in [1.82, 2.24) is 0 Å². The molecule has 0 aliphatic heterocycles. The van der Waals surface area contributed by atoms with Crippen LogP contribution in [0.5, 0.6) is 0 Å². The molecule has 0 saturated carbocycles. The summed E-state index contributed by atoms with van der Waals surface area (Å²) in [6.07, 6.45) is 67.6.